The normalized spacial score (nSPS) is 11.6. The summed E-state index contributed by atoms with van der Waals surface area (Å²) in [6.07, 6.45) is 3.39. The lowest BCUT2D eigenvalue weighted by atomic mass is 10.3. The summed E-state index contributed by atoms with van der Waals surface area (Å²) in [7, 11) is 0. The number of hydrogen-bond donors (Lipinski definition) is 0. The van der Waals surface area contributed by atoms with Crippen molar-refractivity contribution in [1.82, 2.24) is 4.90 Å². The van der Waals surface area contributed by atoms with E-state index in [1.165, 1.54) is 0 Å². The molecule has 0 heterocycles. The summed E-state index contributed by atoms with van der Waals surface area (Å²) in [5.41, 5.74) is 0. The van der Waals surface area contributed by atoms with E-state index in [1.807, 2.05) is 13.8 Å². The van der Waals surface area contributed by atoms with Gasteiger partial charge in [-0.3, -0.25) is 4.79 Å². The minimum absolute atomic E-state index is 0.0313. The molecule has 0 rings (SSSR count). The van der Waals surface area contributed by atoms with Gasteiger partial charge in [0.2, 0.25) is 5.91 Å². The molecule has 0 saturated carbocycles. The van der Waals surface area contributed by atoms with Crippen molar-refractivity contribution < 1.29 is 4.79 Å². The average Bonchev–Trinajstić information content (AvgIpc) is 1.98. The van der Waals surface area contributed by atoms with E-state index in [0.717, 1.165) is 4.48 Å². The standard InChI is InChI=1S/C9H14BrNO/c1-5-9(10)6-11(7(2)3)8(4)12/h5-7H,1H2,2-4H3/b9-6+. The van der Waals surface area contributed by atoms with Gasteiger partial charge in [0.15, 0.2) is 0 Å². The van der Waals surface area contributed by atoms with Crippen LogP contribution in [-0.2, 0) is 4.79 Å². The number of carbonyl (C=O) groups excluding carboxylic acids is 1. The van der Waals surface area contributed by atoms with Gasteiger partial charge in [0.25, 0.3) is 0 Å². The number of halogens is 1. The molecular formula is C9H14BrNO. The maximum Gasteiger partial charge on any atom is 0.223 e. The third-order valence-electron chi connectivity index (χ3n) is 1.38. The van der Waals surface area contributed by atoms with Gasteiger partial charge < -0.3 is 4.90 Å². The van der Waals surface area contributed by atoms with Crippen molar-refractivity contribution in [3.8, 4) is 0 Å². The second-order valence-electron chi connectivity index (χ2n) is 2.74. The van der Waals surface area contributed by atoms with Crippen LogP contribution in [-0.4, -0.2) is 16.8 Å². The fourth-order valence-electron chi connectivity index (χ4n) is 0.789. The van der Waals surface area contributed by atoms with Crippen LogP contribution in [0.15, 0.2) is 23.3 Å². The average molecular weight is 232 g/mol. The molecule has 0 atom stereocenters. The Hall–Kier alpha value is -0.570. The van der Waals surface area contributed by atoms with E-state index in [9.17, 15) is 4.79 Å². The number of hydrogen-bond acceptors (Lipinski definition) is 1. The van der Waals surface area contributed by atoms with Crippen molar-refractivity contribution in [2.24, 2.45) is 0 Å². The highest BCUT2D eigenvalue weighted by Crippen LogP contribution is 2.10. The number of rotatable bonds is 3. The van der Waals surface area contributed by atoms with E-state index < -0.39 is 0 Å². The Balaban J connectivity index is 4.54. The zero-order valence-electron chi connectivity index (χ0n) is 7.67. The van der Waals surface area contributed by atoms with Gasteiger partial charge >= 0.3 is 0 Å². The Morgan fingerprint density at radius 3 is 2.33 bits per heavy atom. The maximum atomic E-state index is 11.1. The lowest BCUT2D eigenvalue weighted by molar-refractivity contribution is -0.127. The molecule has 2 nitrogen and oxygen atoms in total. The first-order valence-electron chi connectivity index (χ1n) is 3.77. The number of allylic oxidation sites excluding steroid dienone is 2. The Kier molecular flexibility index (Phi) is 4.90. The van der Waals surface area contributed by atoms with E-state index >= 15 is 0 Å². The summed E-state index contributed by atoms with van der Waals surface area (Å²) in [6, 6.07) is 0.176. The lowest BCUT2D eigenvalue weighted by Crippen LogP contribution is -2.30. The Labute approximate surface area is 82.1 Å². The molecule has 0 aliphatic carbocycles. The van der Waals surface area contributed by atoms with Gasteiger partial charge in [-0.2, -0.15) is 0 Å². The Morgan fingerprint density at radius 2 is 2.08 bits per heavy atom. The summed E-state index contributed by atoms with van der Waals surface area (Å²) in [4.78, 5) is 12.7. The van der Waals surface area contributed by atoms with E-state index in [0.29, 0.717) is 0 Å². The summed E-state index contributed by atoms with van der Waals surface area (Å²) in [6.45, 7) is 9.04. The molecule has 0 aliphatic rings. The van der Waals surface area contributed by atoms with Crippen LogP contribution in [0.1, 0.15) is 20.8 Å². The Morgan fingerprint density at radius 1 is 1.58 bits per heavy atom. The smallest absolute Gasteiger partial charge is 0.223 e. The zero-order valence-corrected chi connectivity index (χ0v) is 9.26. The van der Waals surface area contributed by atoms with Crippen molar-refractivity contribution >= 4 is 21.8 Å². The molecule has 68 valence electrons. The van der Waals surface area contributed by atoms with E-state index in [1.54, 1.807) is 24.1 Å². The molecule has 0 aromatic carbocycles. The van der Waals surface area contributed by atoms with Crippen LogP contribution in [0.2, 0.25) is 0 Å². The van der Waals surface area contributed by atoms with Crippen LogP contribution in [0.25, 0.3) is 0 Å². The summed E-state index contributed by atoms with van der Waals surface area (Å²) >= 11 is 3.26. The molecular weight excluding hydrogens is 218 g/mol. The molecule has 0 aliphatic heterocycles. The summed E-state index contributed by atoms with van der Waals surface area (Å²) in [5.74, 6) is 0.0313. The van der Waals surface area contributed by atoms with Gasteiger partial charge in [-0.25, -0.2) is 0 Å². The highest BCUT2D eigenvalue weighted by Gasteiger charge is 2.09. The molecule has 12 heavy (non-hydrogen) atoms. The van der Waals surface area contributed by atoms with Gasteiger partial charge in [0.1, 0.15) is 0 Å². The van der Waals surface area contributed by atoms with Gasteiger partial charge in [0.05, 0.1) is 0 Å². The van der Waals surface area contributed by atoms with Crippen molar-refractivity contribution in [2.45, 2.75) is 26.8 Å². The van der Waals surface area contributed by atoms with Crippen LogP contribution < -0.4 is 0 Å². The summed E-state index contributed by atoms with van der Waals surface area (Å²) in [5, 5.41) is 0. The van der Waals surface area contributed by atoms with Crippen molar-refractivity contribution in [2.75, 3.05) is 0 Å². The minimum atomic E-state index is 0.0313. The van der Waals surface area contributed by atoms with Gasteiger partial charge in [-0.1, -0.05) is 12.7 Å². The van der Waals surface area contributed by atoms with Crippen LogP contribution in [0.3, 0.4) is 0 Å². The van der Waals surface area contributed by atoms with Gasteiger partial charge in [-0.15, -0.1) is 0 Å². The first-order valence-corrected chi connectivity index (χ1v) is 4.57. The second kappa shape index (κ2) is 5.14. The monoisotopic (exact) mass is 231 g/mol. The molecule has 0 radical (unpaired) electrons. The minimum Gasteiger partial charge on any atom is -0.316 e. The molecule has 0 bridgehead atoms. The van der Waals surface area contributed by atoms with E-state index in [-0.39, 0.29) is 11.9 Å². The highest BCUT2D eigenvalue weighted by atomic mass is 79.9. The SMILES string of the molecule is C=C/C(Br)=C\N(C(C)=O)C(C)C. The third-order valence-corrected chi connectivity index (χ3v) is 1.91. The molecule has 0 aromatic rings. The molecule has 0 spiro atoms. The topological polar surface area (TPSA) is 20.3 Å². The van der Waals surface area contributed by atoms with Crippen LogP contribution in [0.4, 0.5) is 0 Å². The second-order valence-corrected chi connectivity index (χ2v) is 3.65. The van der Waals surface area contributed by atoms with Gasteiger partial charge in [0, 0.05) is 23.6 Å². The molecule has 0 saturated heterocycles. The van der Waals surface area contributed by atoms with E-state index in [4.69, 9.17) is 0 Å². The largest absolute Gasteiger partial charge is 0.316 e. The third kappa shape index (κ3) is 3.72. The van der Waals surface area contributed by atoms with Crippen molar-refractivity contribution in [1.29, 1.82) is 0 Å². The number of nitrogens with zero attached hydrogens (tertiary/aromatic N) is 1. The molecule has 0 unspecified atom stereocenters. The first-order chi connectivity index (χ1) is 5.49. The Bertz CT molecular complexity index is 209. The zero-order chi connectivity index (χ0) is 9.72. The quantitative estimate of drug-likeness (QED) is 0.685. The lowest BCUT2D eigenvalue weighted by Gasteiger charge is -2.20. The molecule has 0 N–H and O–H groups in total. The molecule has 0 aromatic heterocycles. The highest BCUT2D eigenvalue weighted by molar-refractivity contribution is 9.11. The van der Waals surface area contributed by atoms with Crippen molar-refractivity contribution in [3.05, 3.63) is 23.3 Å². The summed E-state index contributed by atoms with van der Waals surface area (Å²) < 4.78 is 0.811. The molecule has 1 amide bonds. The van der Waals surface area contributed by atoms with Crippen LogP contribution in [0.5, 0.6) is 0 Å². The van der Waals surface area contributed by atoms with Crippen LogP contribution in [0, 0.1) is 0 Å². The fraction of sp³-hybridized carbons (Fsp3) is 0.444. The van der Waals surface area contributed by atoms with Crippen molar-refractivity contribution in [3.63, 3.8) is 0 Å². The first kappa shape index (κ1) is 11.4. The number of carbonyl (C=O) groups is 1. The maximum absolute atomic E-state index is 11.1. The predicted octanol–water partition coefficient (Wildman–Crippen LogP) is 2.67. The van der Waals surface area contributed by atoms with E-state index in [2.05, 4.69) is 22.5 Å². The fourth-order valence-corrected chi connectivity index (χ4v) is 1.01. The molecule has 3 heteroatoms. The molecule has 0 fully saturated rings. The van der Waals surface area contributed by atoms with Gasteiger partial charge in [-0.05, 0) is 29.8 Å². The van der Waals surface area contributed by atoms with Crippen LogP contribution >= 0.6 is 15.9 Å². The number of amides is 1. The predicted molar refractivity (Wildman–Crippen MR) is 54.9 cm³/mol.